The second-order valence-electron chi connectivity index (χ2n) is 3.97. The molecule has 0 aromatic heterocycles. The lowest BCUT2D eigenvalue weighted by Gasteiger charge is -2.10. The third-order valence-electron chi connectivity index (χ3n) is 2.42. The standard InChI is InChI=1S/C13H19N/c1-5-12-8-11(6-9(2)3)7-10(4)13(12)14/h7-8H,2,5-6,14H2,1,3-4H3. The Morgan fingerprint density at radius 2 is 2.07 bits per heavy atom. The van der Waals surface area contributed by atoms with Gasteiger partial charge < -0.3 is 5.73 Å². The molecule has 0 aliphatic rings. The van der Waals surface area contributed by atoms with Gasteiger partial charge in [-0.05, 0) is 43.4 Å². The number of nitrogens with two attached hydrogens (primary N) is 1. The van der Waals surface area contributed by atoms with Crippen molar-refractivity contribution in [1.29, 1.82) is 0 Å². The molecule has 0 aliphatic carbocycles. The van der Waals surface area contributed by atoms with Gasteiger partial charge >= 0.3 is 0 Å². The number of allylic oxidation sites excluding steroid dienone is 1. The Balaban J connectivity index is 3.09. The lowest BCUT2D eigenvalue weighted by Crippen LogP contribution is -1.99. The summed E-state index contributed by atoms with van der Waals surface area (Å²) in [6.45, 7) is 10.2. The van der Waals surface area contributed by atoms with Gasteiger partial charge in [-0.3, -0.25) is 0 Å². The molecular formula is C13H19N. The summed E-state index contributed by atoms with van der Waals surface area (Å²) in [5.41, 5.74) is 11.9. The molecule has 0 aliphatic heterocycles. The van der Waals surface area contributed by atoms with E-state index < -0.39 is 0 Å². The first-order chi connectivity index (χ1) is 6.54. The van der Waals surface area contributed by atoms with E-state index >= 15 is 0 Å². The summed E-state index contributed by atoms with van der Waals surface area (Å²) in [5.74, 6) is 0. The molecule has 2 N–H and O–H groups in total. The van der Waals surface area contributed by atoms with Crippen LogP contribution in [0.3, 0.4) is 0 Å². The van der Waals surface area contributed by atoms with Gasteiger partial charge in [0.25, 0.3) is 0 Å². The Bertz CT molecular complexity index is 350. The van der Waals surface area contributed by atoms with E-state index in [1.54, 1.807) is 0 Å². The topological polar surface area (TPSA) is 26.0 Å². The van der Waals surface area contributed by atoms with Gasteiger partial charge in [0.1, 0.15) is 0 Å². The van der Waals surface area contributed by atoms with Crippen LogP contribution in [0.4, 0.5) is 5.69 Å². The normalized spacial score (nSPS) is 10.2. The van der Waals surface area contributed by atoms with Crippen molar-refractivity contribution in [3.8, 4) is 0 Å². The largest absolute Gasteiger partial charge is 0.398 e. The molecule has 0 saturated carbocycles. The second-order valence-corrected chi connectivity index (χ2v) is 3.97. The lowest BCUT2D eigenvalue weighted by molar-refractivity contribution is 1.09. The number of anilines is 1. The smallest absolute Gasteiger partial charge is 0.0376 e. The zero-order valence-electron chi connectivity index (χ0n) is 9.35. The predicted molar refractivity (Wildman–Crippen MR) is 63.5 cm³/mol. The van der Waals surface area contributed by atoms with Crippen LogP contribution in [-0.4, -0.2) is 0 Å². The molecule has 0 saturated heterocycles. The minimum absolute atomic E-state index is 0.943. The number of nitrogen functional groups attached to an aromatic ring is 1. The van der Waals surface area contributed by atoms with E-state index in [1.807, 2.05) is 0 Å². The number of hydrogen-bond acceptors (Lipinski definition) is 1. The fourth-order valence-electron chi connectivity index (χ4n) is 1.70. The molecule has 0 unspecified atom stereocenters. The Labute approximate surface area is 86.6 Å². The van der Waals surface area contributed by atoms with Crippen LogP contribution in [0, 0.1) is 6.92 Å². The maximum absolute atomic E-state index is 5.97. The van der Waals surface area contributed by atoms with Gasteiger partial charge in [0.15, 0.2) is 0 Å². The zero-order valence-corrected chi connectivity index (χ0v) is 9.35. The van der Waals surface area contributed by atoms with Gasteiger partial charge in [0.2, 0.25) is 0 Å². The summed E-state index contributed by atoms with van der Waals surface area (Å²) in [6.07, 6.45) is 1.95. The highest BCUT2D eigenvalue weighted by molar-refractivity contribution is 5.55. The molecule has 1 heteroatoms. The van der Waals surface area contributed by atoms with Gasteiger partial charge in [0.05, 0.1) is 0 Å². The fourth-order valence-corrected chi connectivity index (χ4v) is 1.70. The highest BCUT2D eigenvalue weighted by Gasteiger charge is 2.03. The number of aryl methyl sites for hydroxylation is 2. The molecule has 1 aromatic carbocycles. The van der Waals surface area contributed by atoms with Crippen molar-refractivity contribution in [2.45, 2.75) is 33.6 Å². The van der Waals surface area contributed by atoms with E-state index in [9.17, 15) is 0 Å². The van der Waals surface area contributed by atoms with Crippen LogP contribution in [-0.2, 0) is 12.8 Å². The van der Waals surface area contributed by atoms with E-state index in [1.165, 1.54) is 22.3 Å². The molecule has 1 rings (SSSR count). The van der Waals surface area contributed by atoms with E-state index in [2.05, 4.69) is 39.5 Å². The molecule has 0 bridgehead atoms. The molecule has 14 heavy (non-hydrogen) atoms. The van der Waals surface area contributed by atoms with Crippen molar-refractivity contribution < 1.29 is 0 Å². The third kappa shape index (κ3) is 2.38. The van der Waals surface area contributed by atoms with Gasteiger partial charge in [-0.25, -0.2) is 0 Å². The van der Waals surface area contributed by atoms with Gasteiger partial charge in [-0.1, -0.05) is 31.2 Å². The van der Waals surface area contributed by atoms with Crippen molar-refractivity contribution >= 4 is 5.69 Å². The molecule has 1 aromatic rings. The van der Waals surface area contributed by atoms with Crippen LogP contribution >= 0.6 is 0 Å². The monoisotopic (exact) mass is 189 g/mol. The average Bonchev–Trinajstić information content (AvgIpc) is 2.10. The first-order valence-electron chi connectivity index (χ1n) is 5.06. The number of rotatable bonds is 3. The molecule has 0 radical (unpaired) electrons. The van der Waals surface area contributed by atoms with E-state index in [-0.39, 0.29) is 0 Å². The molecule has 0 fully saturated rings. The first kappa shape index (κ1) is 10.8. The Morgan fingerprint density at radius 3 is 2.57 bits per heavy atom. The summed E-state index contributed by atoms with van der Waals surface area (Å²) in [7, 11) is 0. The lowest BCUT2D eigenvalue weighted by atomic mass is 9.98. The Morgan fingerprint density at radius 1 is 1.43 bits per heavy atom. The van der Waals surface area contributed by atoms with Crippen LogP contribution in [0.5, 0.6) is 0 Å². The highest BCUT2D eigenvalue weighted by Crippen LogP contribution is 2.21. The molecule has 0 amide bonds. The van der Waals surface area contributed by atoms with Crippen LogP contribution in [0.15, 0.2) is 24.3 Å². The van der Waals surface area contributed by atoms with Gasteiger partial charge in [0, 0.05) is 5.69 Å². The minimum atomic E-state index is 0.943. The highest BCUT2D eigenvalue weighted by atomic mass is 14.6. The predicted octanol–water partition coefficient (Wildman–Crippen LogP) is 3.26. The third-order valence-corrected chi connectivity index (χ3v) is 2.42. The van der Waals surface area contributed by atoms with Crippen molar-refractivity contribution in [3.63, 3.8) is 0 Å². The zero-order chi connectivity index (χ0) is 10.7. The first-order valence-corrected chi connectivity index (χ1v) is 5.06. The summed E-state index contributed by atoms with van der Waals surface area (Å²) < 4.78 is 0. The second kappa shape index (κ2) is 4.32. The van der Waals surface area contributed by atoms with Crippen molar-refractivity contribution in [1.82, 2.24) is 0 Å². The summed E-state index contributed by atoms with van der Waals surface area (Å²) in [5, 5.41) is 0. The van der Waals surface area contributed by atoms with E-state index in [4.69, 9.17) is 5.73 Å². The molecular weight excluding hydrogens is 170 g/mol. The average molecular weight is 189 g/mol. The molecule has 0 atom stereocenters. The van der Waals surface area contributed by atoms with Crippen molar-refractivity contribution in [2.75, 3.05) is 5.73 Å². The van der Waals surface area contributed by atoms with E-state index in [0.29, 0.717) is 0 Å². The maximum atomic E-state index is 5.97. The van der Waals surface area contributed by atoms with Crippen LogP contribution in [0.2, 0.25) is 0 Å². The van der Waals surface area contributed by atoms with Crippen LogP contribution in [0.25, 0.3) is 0 Å². The van der Waals surface area contributed by atoms with Crippen LogP contribution < -0.4 is 5.73 Å². The van der Waals surface area contributed by atoms with Gasteiger partial charge in [-0.15, -0.1) is 0 Å². The van der Waals surface area contributed by atoms with Gasteiger partial charge in [-0.2, -0.15) is 0 Å². The summed E-state index contributed by atoms with van der Waals surface area (Å²) in [6, 6.07) is 4.35. The summed E-state index contributed by atoms with van der Waals surface area (Å²) >= 11 is 0. The fraction of sp³-hybridized carbons (Fsp3) is 0.385. The summed E-state index contributed by atoms with van der Waals surface area (Å²) in [4.78, 5) is 0. The minimum Gasteiger partial charge on any atom is -0.398 e. The van der Waals surface area contributed by atoms with Crippen molar-refractivity contribution in [2.24, 2.45) is 0 Å². The SMILES string of the molecule is C=C(C)Cc1cc(C)c(N)c(CC)c1. The maximum Gasteiger partial charge on any atom is 0.0376 e. The molecule has 0 heterocycles. The molecule has 0 spiro atoms. The quantitative estimate of drug-likeness (QED) is 0.573. The van der Waals surface area contributed by atoms with E-state index in [0.717, 1.165) is 18.5 Å². The molecule has 1 nitrogen and oxygen atoms in total. The Kier molecular flexibility index (Phi) is 3.34. The Hall–Kier alpha value is -1.24. The molecule has 76 valence electrons. The van der Waals surface area contributed by atoms with Crippen LogP contribution in [0.1, 0.15) is 30.5 Å². The number of hydrogen-bond donors (Lipinski definition) is 1. The van der Waals surface area contributed by atoms with Crippen molar-refractivity contribution in [3.05, 3.63) is 41.0 Å². The number of benzene rings is 1.